The fourth-order valence-corrected chi connectivity index (χ4v) is 3.38. The molecule has 17 N–H and O–H groups in total. The zero-order valence-corrected chi connectivity index (χ0v) is 22.4. The third-order valence-electron chi connectivity index (χ3n) is 5.46. The Bertz CT molecular complexity index is 906. The normalized spacial score (nSPS) is 13.6. The van der Waals surface area contributed by atoms with Crippen LogP contribution in [0.1, 0.15) is 51.4 Å². The first-order valence-corrected chi connectivity index (χ1v) is 12.7. The van der Waals surface area contributed by atoms with Gasteiger partial charge in [0.15, 0.2) is 11.9 Å². The summed E-state index contributed by atoms with van der Waals surface area (Å²) in [6, 6.07) is -5.22. The number of carbonyl (C=O) groups is 5. The number of carboxylic acid groups (broad SMARTS) is 2. The summed E-state index contributed by atoms with van der Waals surface area (Å²) in [6.45, 7) is 0.660. The van der Waals surface area contributed by atoms with E-state index in [1.807, 2.05) is 0 Å². The maximum atomic E-state index is 13.0. The van der Waals surface area contributed by atoms with Crippen molar-refractivity contribution in [3.8, 4) is 0 Å². The van der Waals surface area contributed by atoms with Gasteiger partial charge in [0.25, 0.3) is 0 Å². The molecule has 4 unspecified atom stereocenters. The number of nitrogens with one attached hydrogen (secondary N) is 3. The van der Waals surface area contributed by atoms with E-state index in [9.17, 15) is 34.2 Å². The van der Waals surface area contributed by atoms with Crippen LogP contribution in [0.15, 0.2) is 9.98 Å². The Balaban J connectivity index is 5.57. The average molecular weight is 574 g/mol. The van der Waals surface area contributed by atoms with Crippen LogP contribution in [0.25, 0.3) is 0 Å². The number of amides is 3. The van der Waals surface area contributed by atoms with Crippen LogP contribution in [0.3, 0.4) is 0 Å². The van der Waals surface area contributed by atoms with Crippen LogP contribution in [0.2, 0.25) is 0 Å². The molecule has 228 valence electrons. The number of nitrogens with zero attached hydrogens (tertiary/aromatic N) is 2. The van der Waals surface area contributed by atoms with E-state index in [0.717, 1.165) is 0 Å². The summed E-state index contributed by atoms with van der Waals surface area (Å²) in [5, 5.41) is 25.8. The minimum Gasteiger partial charge on any atom is -0.481 e. The molecule has 3 amide bonds. The van der Waals surface area contributed by atoms with Gasteiger partial charge in [-0.3, -0.25) is 29.2 Å². The monoisotopic (exact) mass is 573 g/mol. The van der Waals surface area contributed by atoms with Gasteiger partial charge in [-0.05, 0) is 51.5 Å². The quantitative estimate of drug-likeness (QED) is 0.0351. The van der Waals surface area contributed by atoms with Gasteiger partial charge in [0.2, 0.25) is 17.7 Å². The second-order valence-electron chi connectivity index (χ2n) is 8.91. The smallest absolute Gasteiger partial charge is 0.326 e. The van der Waals surface area contributed by atoms with Gasteiger partial charge >= 0.3 is 11.9 Å². The number of hydrogen-bond acceptors (Lipinski definition) is 9. The van der Waals surface area contributed by atoms with Crippen LogP contribution in [0.4, 0.5) is 0 Å². The van der Waals surface area contributed by atoms with Gasteiger partial charge in [0, 0.05) is 13.1 Å². The molecule has 0 saturated carbocycles. The molecule has 18 nitrogen and oxygen atoms in total. The largest absolute Gasteiger partial charge is 0.481 e. The molecule has 4 atom stereocenters. The second-order valence-corrected chi connectivity index (χ2v) is 8.91. The molecule has 0 spiro atoms. The van der Waals surface area contributed by atoms with Crippen molar-refractivity contribution in [1.29, 1.82) is 0 Å². The first kappa shape index (κ1) is 35.8. The van der Waals surface area contributed by atoms with Crippen molar-refractivity contribution >= 4 is 41.6 Å². The van der Waals surface area contributed by atoms with Gasteiger partial charge in [-0.15, -0.1) is 0 Å². The molecule has 0 saturated heterocycles. The fourth-order valence-electron chi connectivity index (χ4n) is 3.38. The molecule has 0 aliphatic carbocycles. The highest BCUT2D eigenvalue weighted by Crippen LogP contribution is 2.06. The van der Waals surface area contributed by atoms with Crippen molar-refractivity contribution < 1.29 is 34.2 Å². The number of carboxylic acids is 2. The zero-order chi connectivity index (χ0) is 30.7. The Morgan fingerprint density at radius 3 is 1.62 bits per heavy atom. The Kier molecular flexibility index (Phi) is 17.7. The van der Waals surface area contributed by atoms with Crippen LogP contribution in [0, 0.1) is 0 Å². The van der Waals surface area contributed by atoms with Crippen LogP contribution in [-0.2, 0) is 24.0 Å². The summed E-state index contributed by atoms with van der Waals surface area (Å²) >= 11 is 0. The molecule has 0 heterocycles. The first-order valence-electron chi connectivity index (χ1n) is 12.7. The number of guanidine groups is 2. The van der Waals surface area contributed by atoms with Crippen molar-refractivity contribution in [3.63, 3.8) is 0 Å². The lowest BCUT2D eigenvalue weighted by Crippen LogP contribution is -2.57. The number of hydrogen-bond donors (Lipinski definition) is 11. The lowest BCUT2D eigenvalue weighted by Gasteiger charge is -2.24. The summed E-state index contributed by atoms with van der Waals surface area (Å²) in [5.74, 6) is -5.60. The van der Waals surface area contributed by atoms with Crippen LogP contribution >= 0.6 is 0 Å². The van der Waals surface area contributed by atoms with Crippen molar-refractivity contribution in [2.75, 3.05) is 19.6 Å². The molecule has 0 rings (SSSR count). The van der Waals surface area contributed by atoms with Gasteiger partial charge in [0.05, 0.1) is 12.5 Å². The molecule has 40 heavy (non-hydrogen) atoms. The summed E-state index contributed by atoms with van der Waals surface area (Å²) < 4.78 is 0. The SMILES string of the molecule is NCCCCC(NC(=O)C(CCCN=C(N)N)NC(=O)C(CC(=O)O)NC(=O)C(N)CCCN=C(N)N)C(=O)O. The topological polar surface area (TPSA) is 343 Å². The highest BCUT2D eigenvalue weighted by molar-refractivity contribution is 5.95. The summed E-state index contributed by atoms with van der Waals surface area (Å²) in [7, 11) is 0. The van der Waals surface area contributed by atoms with E-state index in [4.69, 9.17) is 34.4 Å². The van der Waals surface area contributed by atoms with E-state index in [2.05, 4.69) is 25.9 Å². The summed E-state index contributed by atoms with van der Waals surface area (Å²) in [6.07, 6.45) is 0.943. The van der Waals surface area contributed by atoms with E-state index in [1.54, 1.807) is 0 Å². The minimum absolute atomic E-state index is 0.0263. The third kappa shape index (κ3) is 16.6. The maximum absolute atomic E-state index is 13.0. The Hall–Kier alpha value is -4.19. The molecule has 18 heteroatoms. The Labute approximate surface area is 231 Å². The molecule has 0 aromatic rings. The van der Waals surface area contributed by atoms with Crippen molar-refractivity contribution in [3.05, 3.63) is 0 Å². The van der Waals surface area contributed by atoms with E-state index in [-0.39, 0.29) is 50.7 Å². The molecule has 0 fully saturated rings. The summed E-state index contributed by atoms with van der Waals surface area (Å²) in [4.78, 5) is 69.1. The lowest BCUT2D eigenvalue weighted by molar-refractivity contribution is -0.143. The molecule has 0 aliphatic rings. The van der Waals surface area contributed by atoms with Crippen LogP contribution in [0.5, 0.6) is 0 Å². The highest BCUT2D eigenvalue weighted by atomic mass is 16.4. The van der Waals surface area contributed by atoms with Gasteiger partial charge < -0.3 is 60.6 Å². The molecule has 0 radical (unpaired) electrons. The minimum atomic E-state index is -1.58. The molecule has 0 aromatic heterocycles. The van der Waals surface area contributed by atoms with Crippen LogP contribution < -0.4 is 50.4 Å². The predicted octanol–water partition coefficient (Wildman–Crippen LogP) is -4.44. The van der Waals surface area contributed by atoms with E-state index < -0.39 is 60.2 Å². The number of aliphatic imine (C=N–C) groups is 2. The van der Waals surface area contributed by atoms with Gasteiger partial charge in [-0.2, -0.15) is 0 Å². The number of unbranched alkanes of at least 4 members (excludes halogenated alkanes) is 1. The fraction of sp³-hybridized carbons (Fsp3) is 0.682. The molecule has 0 bridgehead atoms. The zero-order valence-electron chi connectivity index (χ0n) is 22.4. The lowest BCUT2D eigenvalue weighted by atomic mass is 10.1. The number of nitrogens with two attached hydrogens (primary N) is 6. The van der Waals surface area contributed by atoms with Crippen LogP contribution in [-0.4, -0.2) is 95.6 Å². The third-order valence-corrected chi connectivity index (χ3v) is 5.46. The maximum Gasteiger partial charge on any atom is 0.326 e. The number of rotatable bonds is 21. The Morgan fingerprint density at radius 2 is 1.12 bits per heavy atom. The van der Waals surface area contributed by atoms with Gasteiger partial charge in [0.1, 0.15) is 18.1 Å². The molecule has 0 aromatic carbocycles. The summed E-state index contributed by atoms with van der Waals surface area (Å²) in [5.41, 5.74) is 32.3. The second kappa shape index (κ2) is 19.8. The molecular weight excluding hydrogens is 530 g/mol. The van der Waals surface area contributed by atoms with E-state index in [1.165, 1.54) is 0 Å². The first-order chi connectivity index (χ1) is 18.8. The molecule has 0 aliphatic heterocycles. The van der Waals surface area contributed by atoms with E-state index in [0.29, 0.717) is 25.8 Å². The van der Waals surface area contributed by atoms with Crippen molar-refractivity contribution in [1.82, 2.24) is 16.0 Å². The van der Waals surface area contributed by atoms with E-state index >= 15 is 0 Å². The van der Waals surface area contributed by atoms with Crippen molar-refractivity contribution in [2.45, 2.75) is 75.5 Å². The van der Waals surface area contributed by atoms with Crippen molar-refractivity contribution in [2.24, 2.45) is 44.4 Å². The highest BCUT2D eigenvalue weighted by Gasteiger charge is 2.31. The Morgan fingerprint density at radius 1 is 0.650 bits per heavy atom. The predicted molar refractivity (Wildman–Crippen MR) is 146 cm³/mol. The van der Waals surface area contributed by atoms with Gasteiger partial charge in [-0.1, -0.05) is 0 Å². The van der Waals surface area contributed by atoms with Gasteiger partial charge in [-0.25, -0.2) is 4.79 Å². The standard InChI is InChI=1S/C22H43N11O7/c23-8-2-1-6-14(20(39)40)32-18(37)13(7-4-10-30-22(27)28)31-19(38)15(11-16(34)35)33-17(36)12(24)5-3-9-29-21(25)26/h12-15H,1-11,23-24H2,(H,31,38)(H,32,37)(H,33,36)(H,34,35)(H,39,40)(H4,25,26,29)(H4,27,28,30). The number of aliphatic carboxylic acids is 2. The average Bonchev–Trinajstić information content (AvgIpc) is 2.86. The number of carbonyl (C=O) groups excluding carboxylic acids is 3. The molecular formula is C22H43N11O7.